The van der Waals surface area contributed by atoms with E-state index >= 15 is 0 Å². The van der Waals surface area contributed by atoms with Crippen molar-refractivity contribution in [1.29, 1.82) is 5.41 Å². The van der Waals surface area contributed by atoms with E-state index in [1.165, 1.54) is 25.7 Å². The predicted molar refractivity (Wildman–Crippen MR) is 58.2 cm³/mol. The van der Waals surface area contributed by atoms with Crippen LogP contribution in [0.4, 0.5) is 0 Å². The third kappa shape index (κ3) is 9.34. The number of unbranched alkanes of at least 4 members (excludes halogenated alkanes) is 3. The SMILES string of the molecule is CCCCCCN(C)CCC(=N)N. The second-order valence-corrected chi connectivity index (χ2v) is 3.64. The van der Waals surface area contributed by atoms with Crippen LogP contribution in [0.1, 0.15) is 39.0 Å². The topological polar surface area (TPSA) is 53.1 Å². The van der Waals surface area contributed by atoms with Gasteiger partial charge < -0.3 is 10.6 Å². The van der Waals surface area contributed by atoms with Crippen molar-refractivity contribution in [3.63, 3.8) is 0 Å². The lowest BCUT2D eigenvalue weighted by Crippen LogP contribution is -2.25. The van der Waals surface area contributed by atoms with Gasteiger partial charge in [0.25, 0.3) is 0 Å². The van der Waals surface area contributed by atoms with E-state index in [1.54, 1.807) is 0 Å². The van der Waals surface area contributed by atoms with E-state index < -0.39 is 0 Å². The van der Waals surface area contributed by atoms with Gasteiger partial charge in [-0.3, -0.25) is 5.41 Å². The Kier molecular flexibility index (Phi) is 7.69. The molecule has 0 aromatic carbocycles. The zero-order chi connectivity index (χ0) is 10.1. The van der Waals surface area contributed by atoms with Crippen LogP contribution in [0, 0.1) is 5.41 Å². The molecule has 0 aromatic rings. The van der Waals surface area contributed by atoms with Crippen LogP contribution in [-0.2, 0) is 0 Å². The molecule has 0 radical (unpaired) electrons. The summed E-state index contributed by atoms with van der Waals surface area (Å²) >= 11 is 0. The molecule has 0 saturated heterocycles. The van der Waals surface area contributed by atoms with E-state index in [4.69, 9.17) is 11.1 Å². The van der Waals surface area contributed by atoms with Crippen molar-refractivity contribution >= 4 is 5.84 Å². The molecular weight excluding hydrogens is 162 g/mol. The number of rotatable bonds is 8. The summed E-state index contributed by atoms with van der Waals surface area (Å²) < 4.78 is 0. The first-order valence-electron chi connectivity index (χ1n) is 5.18. The van der Waals surface area contributed by atoms with Gasteiger partial charge in [0, 0.05) is 13.0 Å². The van der Waals surface area contributed by atoms with Crippen LogP contribution in [0.5, 0.6) is 0 Å². The second-order valence-electron chi connectivity index (χ2n) is 3.64. The summed E-state index contributed by atoms with van der Waals surface area (Å²) in [6, 6.07) is 0. The van der Waals surface area contributed by atoms with Crippen molar-refractivity contribution < 1.29 is 0 Å². The molecule has 0 aliphatic rings. The van der Waals surface area contributed by atoms with Crippen LogP contribution < -0.4 is 5.73 Å². The number of amidine groups is 1. The summed E-state index contributed by atoms with van der Waals surface area (Å²) in [6.07, 6.45) is 5.91. The number of nitrogens with two attached hydrogens (primary N) is 1. The van der Waals surface area contributed by atoms with Crippen LogP contribution in [0.3, 0.4) is 0 Å². The van der Waals surface area contributed by atoms with Gasteiger partial charge in [-0.05, 0) is 20.0 Å². The molecule has 0 spiro atoms. The highest BCUT2D eigenvalue weighted by Crippen LogP contribution is 2.00. The molecule has 13 heavy (non-hydrogen) atoms. The van der Waals surface area contributed by atoms with Gasteiger partial charge in [0.15, 0.2) is 0 Å². The Bertz CT molecular complexity index is 134. The predicted octanol–water partition coefficient (Wildman–Crippen LogP) is 1.82. The molecule has 0 amide bonds. The van der Waals surface area contributed by atoms with Crippen LogP contribution >= 0.6 is 0 Å². The van der Waals surface area contributed by atoms with E-state index in [2.05, 4.69) is 18.9 Å². The molecule has 0 saturated carbocycles. The van der Waals surface area contributed by atoms with Crippen molar-refractivity contribution in [3.05, 3.63) is 0 Å². The zero-order valence-corrected chi connectivity index (χ0v) is 8.97. The summed E-state index contributed by atoms with van der Waals surface area (Å²) in [5, 5.41) is 7.08. The van der Waals surface area contributed by atoms with Gasteiger partial charge in [0.2, 0.25) is 0 Å². The lowest BCUT2D eigenvalue weighted by Gasteiger charge is -2.15. The van der Waals surface area contributed by atoms with Gasteiger partial charge in [-0.2, -0.15) is 0 Å². The molecule has 3 nitrogen and oxygen atoms in total. The monoisotopic (exact) mass is 185 g/mol. The molecule has 78 valence electrons. The Balaban J connectivity index is 3.19. The van der Waals surface area contributed by atoms with E-state index in [0.29, 0.717) is 12.3 Å². The second kappa shape index (κ2) is 8.05. The smallest absolute Gasteiger partial charge is 0.0918 e. The van der Waals surface area contributed by atoms with Gasteiger partial charge in [-0.1, -0.05) is 26.2 Å². The highest BCUT2D eigenvalue weighted by Gasteiger charge is 1.98. The normalized spacial score (nSPS) is 10.7. The quantitative estimate of drug-likeness (QED) is 0.344. The van der Waals surface area contributed by atoms with Crippen molar-refractivity contribution in [3.8, 4) is 0 Å². The first-order chi connectivity index (χ1) is 6.16. The van der Waals surface area contributed by atoms with Crippen LogP contribution in [-0.4, -0.2) is 30.9 Å². The van der Waals surface area contributed by atoms with Gasteiger partial charge >= 0.3 is 0 Å². The highest BCUT2D eigenvalue weighted by atomic mass is 15.1. The Labute approximate surface area is 81.8 Å². The first kappa shape index (κ1) is 12.4. The minimum Gasteiger partial charge on any atom is -0.388 e. The first-order valence-corrected chi connectivity index (χ1v) is 5.18. The van der Waals surface area contributed by atoms with E-state index in [0.717, 1.165) is 13.1 Å². The molecule has 0 atom stereocenters. The number of hydrogen-bond donors (Lipinski definition) is 2. The fourth-order valence-electron chi connectivity index (χ4n) is 1.23. The van der Waals surface area contributed by atoms with E-state index in [1.807, 2.05) is 0 Å². The highest BCUT2D eigenvalue weighted by molar-refractivity contribution is 5.76. The minimum atomic E-state index is 0.292. The minimum absolute atomic E-state index is 0.292. The lowest BCUT2D eigenvalue weighted by atomic mass is 10.2. The van der Waals surface area contributed by atoms with Crippen molar-refractivity contribution in [1.82, 2.24) is 4.90 Å². The Morgan fingerprint density at radius 2 is 1.92 bits per heavy atom. The van der Waals surface area contributed by atoms with E-state index in [-0.39, 0.29) is 0 Å². The summed E-state index contributed by atoms with van der Waals surface area (Å²) in [7, 11) is 2.09. The van der Waals surface area contributed by atoms with Gasteiger partial charge in [0.1, 0.15) is 0 Å². The largest absolute Gasteiger partial charge is 0.388 e. The van der Waals surface area contributed by atoms with Crippen molar-refractivity contribution in [2.24, 2.45) is 5.73 Å². The van der Waals surface area contributed by atoms with Crippen molar-refractivity contribution in [2.75, 3.05) is 20.1 Å². The Morgan fingerprint density at radius 1 is 1.23 bits per heavy atom. The molecule has 0 aliphatic carbocycles. The third-order valence-corrected chi connectivity index (χ3v) is 2.16. The molecular formula is C10H23N3. The third-order valence-electron chi connectivity index (χ3n) is 2.16. The summed E-state index contributed by atoms with van der Waals surface area (Å²) in [4.78, 5) is 2.25. The summed E-state index contributed by atoms with van der Waals surface area (Å²) in [5.74, 6) is 0.292. The maximum Gasteiger partial charge on any atom is 0.0918 e. The summed E-state index contributed by atoms with van der Waals surface area (Å²) in [6.45, 7) is 4.27. The van der Waals surface area contributed by atoms with Gasteiger partial charge in [-0.25, -0.2) is 0 Å². The fourth-order valence-corrected chi connectivity index (χ4v) is 1.23. The zero-order valence-electron chi connectivity index (χ0n) is 8.97. The number of nitrogens with one attached hydrogen (secondary N) is 1. The van der Waals surface area contributed by atoms with Crippen LogP contribution in [0.2, 0.25) is 0 Å². The number of hydrogen-bond acceptors (Lipinski definition) is 2. The molecule has 0 aliphatic heterocycles. The van der Waals surface area contributed by atoms with Gasteiger partial charge in [0.05, 0.1) is 5.84 Å². The standard InChI is InChI=1S/C10H23N3/c1-3-4-5-6-8-13(2)9-7-10(11)12/h3-9H2,1-2H3,(H3,11,12). The van der Waals surface area contributed by atoms with Crippen LogP contribution in [0.15, 0.2) is 0 Å². The fraction of sp³-hybridized carbons (Fsp3) is 0.900. The summed E-state index contributed by atoms with van der Waals surface area (Å²) in [5.41, 5.74) is 5.27. The van der Waals surface area contributed by atoms with Crippen LogP contribution in [0.25, 0.3) is 0 Å². The molecule has 3 N–H and O–H groups in total. The van der Waals surface area contributed by atoms with Crippen molar-refractivity contribution in [2.45, 2.75) is 39.0 Å². The molecule has 0 rings (SSSR count). The average molecular weight is 185 g/mol. The average Bonchev–Trinajstić information content (AvgIpc) is 2.09. The molecule has 0 unspecified atom stereocenters. The number of nitrogens with zero attached hydrogens (tertiary/aromatic N) is 1. The molecule has 0 aromatic heterocycles. The Hall–Kier alpha value is -0.570. The van der Waals surface area contributed by atoms with E-state index in [9.17, 15) is 0 Å². The molecule has 0 bridgehead atoms. The Morgan fingerprint density at radius 3 is 2.46 bits per heavy atom. The maximum atomic E-state index is 7.08. The molecule has 0 fully saturated rings. The lowest BCUT2D eigenvalue weighted by molar-refractivity contribution is 0.333. The molecule has 0 heterocycles. The van der Waals surface area contributed by atoms with Gasteiger partial charge in [-0.15, -0.1) is 0 Å². The maximum absolute atomic E-state index is 7.08. The molecule has 3 heteroatoms.